The van der Waals surface area contributed by atoms with Crippen molar-refractivity contribution in [3.8, 4) is 11.1 Å². The zero-order chi connectivity index (χ0) is 18.0. The van der Waals surface area contributed by atoms with Crippen LogP contribution in [0.5, 0.6) is 0 Å². The van der Waals surface area contributed by atoms with Gasteiger partial charge in [0, 0.05) is 28.6 Å². The van der Waals surface area contributed by atoms with Crippen molar-refractivity contribution >= 4 is 50.6 Å². The summed E-state index contributed by atoms with van der Waals surface area (Å²) in [4.78, 5) is 13.1. The Morgan fingerprint density at radius 3 is 2.32 bits per heavy atom. The van der Waals surface area contributed by atoms with E-state index in [4.69, 9.17) is 23.2 Å². The first-order chi connectivity index (χ1) is 12.0. The molecule has 3 rings (SSSR count). The summed E-state index contributed by atoms with van der Waals surface area (Å²) in [5.41, 5.74) is 2.19. The highest BCUT2D eigenvalue weighted by Crippen LogP contribution is 2.42. The first-order valence-corrected chi connectivity index (χ1v) is 9.31. The molecule has 0 bridgehead atoms. The zero-order valence-electron chi connectivity index (χ0n) is 13.8. The van der Waals surface area contributed by atoms with Gasteiger partial charge in [-0.15, -0.1) is 24.5 Å². The van der Waals surface area contributed by atoms with Gasteiger partial charge < -0.3 is 4.90 Å². The smallest absolute Gasteiger partial charge is 0.225 e. The summed E-state index contributed by atoms with van der Waals surface area (Å²) in [5, 5.41) is 1.95. The number of benzene rings is 1. The maximum absolute atomic E-state index is 6.19. The van der Waals surface area contributed by atoms with Crippen molar-refractivity contribution < 1.29 is 0 Å². The molecule has 25 heavy (non-hydrogen) atoms. The van der Waals surface area contributed by atoms with E-state index in [-0.39, 0.29) is 5.28 Å². The van der Waals surface area contributed by atoms with Crippen LogP contribution in [0.3, 0.4) is 0 Å². The van der Waals surface area contributed by atoms with Crippen molar-refractivity contribution in [2.75, 3.05) is 18.0 Å². The van der Waals surface area contributed by atoms with Crippen LogP contribution < -0.4 is 4.90 Å². The van der Waals surface area contributed by atoms with Crippen LogP contribution in [0.25, 0.3) is 21.3 Å². The molecule has 0 aliphatic rings. The SMILES string of the molecule is C=CCN(CC=C)c1nc(Cl)nc2sc(C)c(-c3ccc(Cl)cc3)c12. The summed E-state index contributed by atoms with van der Waals surface area (Å²) in [6, 6.07) is 7.81. The van der Waals surface area contributed by atoms with Gasteiger partial charge in [0.1, 0.15) is 10.6 Å². The number of fused-ring (bicyclic) bond motifs is 1. The van der Waals surface area contributed by atoms with E-state index in [0.29, 0.717) is 18.1 Å². The first-order valence-electron chi connectivity index (χ1n) is 7.74. The number of halogens is 2. The van der Waals surface area contributed by atoms with Crippen LogP contribution in [0.1, 0.15) is 4.88 Å². The van der Waals surface area contributed by atoms with Crippen LogP contribution in [-0.2, 0) is 0 Å². The van der Waals surface area contributed by atoms with Gasteiger partial charge in [0.25, 0.3) is 0 Å². The van der Waals surface area contributed by atoms with E-state index in [2.05, 4.69) is 34.9 Å². The molecule has 0 fully saturated rings. The number of hydrogen-bond donors (Lipinski definition) is 0. The number of rotatable bonds is 6. The zero-order valence-corrected chi connectivity index (χ0v) is 16.1. The lowest BCUT2D eigenvalue weighted by Crippen LogP contribution is -2.24. The Kier molecular flexibility index (Phi) is 5.42. The second kappa shape index (κ2) is 7.56. The predicted molar refractivity (Wildman–Crippen MR) is 110 cm³/mol. The maximum Gasteiger partial charge on any atom is 0.225 e. The monoisotopic (exact) mass is 389 g/mol. The third-order valence-corrected chi connectivity index (χ3v) is 5.23. The number of thiophene rings is 1. The van der Waals surface area contributed by atoms with Crippen LogP contribution in [0.4, 0.5) is 5.82 Å². The Balaban J connectivity index is 2.30. The number of aryl methyl sites for hydroxylation is 1. The first kappa shape index (κ1) is 17.9. The Bertz CT molecular complexity index is 922. The molecule has 0 radical (unpaired) electrons. The Morgan fingerprint density at radius 1 is 1.08 bits per heavy atom. The maximum atomic E-state index is 6.19. The van der Waals surface area contributed by atoms with Crippen LogP contribution in [0.15, 0.2) is 49.6 Å². The van der Waals surface area contributed by atoms with Gasteiger partial charge in [-0.3, -0.25) is 0 Å². The van der Waals surface area contributed by atoms with Gasteiger partial charge in [-0.2, -0.15) is 4.98 Å². The normalized spacial score (nSPS) is 10.8. The lowest BCUT2D eigenvalue weighted by molar-refractivity contribution is 0.929. The van der Waals surface area contributed by atoms with E-state index in [0.717, 1.165) is 32.0 Å². The van der Waals surface area contributed by atoms with E-state index in [9.17, 15) is 0 Å². The Morgan fingerprint density at radius 2 is 1.72 bits per heavy atom. The molecular formula is C19H17Cl2N3S. The molecule has 0 N–H and O–H groups in total. The summed E-state index contributed by atoms with van der Waals surface area (Å²) >= 11 is 13.8. The average Bonchev–Trinajstić information content (AvgIpc) is 2.90. The number of nitrogens with zero attached hydrogens (tertiary/aromatic N) is 3. The van der Waals surface area contributed by atoms with Gasteiger partial charge in [0.15, 0.2) is 0 Å². The molecule has 2 aromatic heterocycles. The molecule has 0 spiro atoms. The molecule has 3 nitrogen and oxygen atoms in total. The molecule has 0 atom stereocenters. The fourth-order valence-electron chi connectivity index (χ4n) is 2.82. The largest absolute Gasteiger partial charge is 0.348 e. The molecule has 0 aliphatic carbocycles. The minimum absolute atomic E-state index is 0.240. The van der Waals surface area contributed by atoms with Gasteiger partial charge in [-0.25, -0.2) is 4.98 Å². The van der Waals surface area contributed by atoms with Crippen molar-refractivity contribution in [2.24, 2.45) is 0 Å². The molecule has 0 unspecified atom stereocenters. The van der Waals surface area contributed by atoms with Crippen molar-refractivity contribution in [3.05, 3.63) is 64.8 Å². The van der Waals surface area contributed by atoms with Crippen LogP contribution in [-0.4, -0.2) is 23.1 Å². The lowest BCUT2D eigenvalue weighted by atomic mass is 10.0. The lowest BCUT2D eigenvalue weighted by Gasteiger charge is -2.22. The number of hydrogen-bond acceptors (Lipinski definition) is 4. The van der Waals surface area contributed by atoms with Crippen molar-refractivity contribution in [1.82, 2.24) is 9.97 Å². The van der Waals surface area contributed by atoms with Crippen molar-refractivity contribution in [2.45, 2.75) is 6.92 Å². The predicted octanol–water partition coefficient (Wildman–Crippen LogP) is 6.15. The number of aromatic nitrogens is 2. The van der Waals surface area contributed by atoms with Crippen molar-refractivity contribution in [3.63, 3.8) is 0 Å². The molecule has 6 heteroatoms. The highest BCUT2D eigenvalue weighted by atomic mass is 35.5. The summed E-state index contributed by atoms with van der Waals surface area (Å²) in [5.74, 6) is 0.795. The topological polar surface area (TPSA) is 29.0 Å². The molecule has 128 valence electrons. The molecule has 2 heterocycles. The van der Waals surface area contributed by atoms with Gasteiger partial charge >= 0.3 is 0 Å². The highest BCUT2D eigenvalue weighted by Gasteiger charge is 2.21. The third kappa shape index (κ3) is 3.56. The third-order valence-electron chi connectivity index (χ3n) is 3.81. The fraction of sp³-hybridized carbons (Fsp3) is 0.158. The van der Waals surface area contributed by atoms with E-state index < -0.39 is 0 Å². The molecule has 0 amide bonds. The van der Waals surface area contributed by atoms with Gasteiger partial charge in [0.05, 0.1) is 5.39 Å². The number of anilines is 1. The van der Waals surface area contributed by atoms with E-state index in [1.54, 1.807) is 11.3 Å². The summed E-state index contributed by atoms with van der Waals surface area (Å²) in [6.45, 7) is 11.1. The summed E-state index contributed by atoms with van der Waals surface area (Å²) in [7, 11) is 0. The average molecular weight is 390 g/mol. The highest BCUT2D eigenvalue weighted by molar-refractivity contribution is 7.19. The fourth-order valence-corrected chi connectivity index (χ4v) is 4.20. The van der Waals surface area contributed by atoms with Crippen LogP contribution in [0, 0.1) is 6.92 Å². The Labute approximate surface area is 161 Å². The Hall–Kier alpha value is -1.88. The van der Waals surface area contributed by atoms with Gasteiger partial charge in [-0.05, 0) is 36.2 Å². The minimum atomic E-state index is 0.240. The van der Waals surface area contributed by atoms with E-state index >= 15 is 0 Å². The van der Waals surface area contributed by atoms with E-state index in [1.165, 1.54) is 0 Å². The van der Waals surface area contributed by atoms with Gasteiger partial charge in [-0.1, -0.05) is 35.9 Å². The minimum Gasteiger partial charge on any atom is -0.348 e. The standard InChI is InChI=1S/C19H17Cl2N3S/c1-4-10-24(11-5-2)17-16-15(13-6-8-14(20)9-7-13)12(3)25-18(16)23-19(21)22-17/h4-9H,1-2,10-11H2,3H3. The summed E-state index contributed by atoms with van der Waals surface area (Å²) < 4.78 is 0. The molecule has 3 aromatic rings. The van der Waals surface area contributed by atoms with E-state index in [1.807, 2.05) is 36.4 Å². The van der Waals surface area contributed by atoms with Crippen molar-refractivity contribution in [1.29, 1.82) is 0 Å². The quantitative estimate of drug-likeness (QED) is 0.373. The molecule has 0 aliphatic heterocycles. The van der Waals surface area contributed by atoms with Crippen LogP contribution in [0.2, 0.25) is 10.3 Å². The summed E-state index contributed by atoms with van der Waals surface area (Å²) in [6.07, 6.45) is 3.68. The molecular weight excluding hydrogens is 373 g/mol. The molecule has 0 saturated heterocycles. The van der Waals surface area contributed by atoms with Gasteiger partial charge in [0.2, 0.25) is 5.28 Å². The molecule has 0 saturated carbocycles. The van der Waals surface area contributed by atoms with Crippen LogP contribution >= 0.6 is 34.5 Å². The second-order valence-electron chi connectivity index (χ2n) is 5.52. The molecule has 1 aromatic carbocycles. The second-order valence-corrected chi connectivity index (χ2v) is 7.50.